The summed E-state index contributed by atoms with van der Waals surface area (Å²) in [6.45, 7) is 2.06. The molecule has 1 heterocycles. The number of anilines is 1. The number of nitrogens with one attached hydrogen (secondary N) is 1. The number of carbonyl (C=O) groups excluding carboxylic acids is 2. The number of benzene rings is 2. The highest BCUT2D eigenvalue weighted by Crippen LogP contribution is 2.30. The number of alkyl halides is 3. The molecule has 0 spiro atoms. The van der Waals surface area contributed by atoms with E-state index >= 15 is 0 Å². The van der Waals surface area contributed by atoms with Crippen LogP contribution < -0.4 is 5.32 Å². The molecule has 0 aromatic heterocycles. The first-order valence-corrected chi connectivity index (χ1v) is 11.5. The first kappa shape index (κ1) is 24.5. The van der Waals surface area contributed by atoms with Crippen LogP contribution in [0.3, 0.4) is 0 Å². The summed E-state index contributed by atoms with van der Waals surface area (Å²) in [5, 5.41) is 2.51. The number of ether oxygens (including phenoxy) is 1. The molecule has 12 heteroatoms. The lowest BCUT2D eigenvalue weighted by Gasteiger charge is -2.34. The first-order chi connectivity index (χ1) is 15.5. The van der Waals surface area contributed by atoms with Crippen LogP contribution in [0.1, 0.15) is 22.8 Å². The van der Waals surface area contributed by atoms with Crippen LogP contribution >= 0.6 is 0 Å². The molecule has 178 valence electrons. The van der Waals surface area contributed by atoms with E-state index in [0.717, 1.165) is 28.6 Å². The van der Waals surface area contributed by atoms with Crippen LogP contribution in [0, 0.1) is 0 Å². The van der Waals surface area contributed by atoms with Gasteiger partial charge in [-0.05, 0) is 49.4 Å². The molecule has 0 atom stereocenters. The molecule has 0 aliphatic carbocycles. The van der Waals surface area contributed by atoms with Gasteiger partial charge in [0.2, 0.25) is 10.0 Å². The lowest BCUT2D eigenvalue weighted by atomic mass is 10.1. The molecule has 0 bridgehead atoms. The third-order valence-corrected chi connectivity index (χ3v) is 6.89. The molecule has 0 unspecified atom stereocenters. The zero-order valence-corrected chi connectivity index (χ0v) is 18.4. The van der Waals surface area contributed by atoms with Crippen molar-refractivity contribution >= 4 is 27.7 Å². The molecule has 2 aromatic rings. The number of hydrogen-bond acceptors (Lipinski definition) is 5. The Morgan fingerprint density at radius 3 is 2.24 bits per heavy atom. The maximum atomic E-state index is 12.8. The highest BCUT2D eigenvalue weighted by molar-refractivity contribution is 7.89. The van der Waals surface area contributed by atoms with Gasteiger partial charge in [-0.15, -0.1) is 0 Å². The minimum Gasteiger partial charge on any atom is -0.450 e. The van der Waals surface area contributed by atoms with E-state index in [2.05, 4.69) is 5.32 Å². The fourth-order valence-electron chi connectivity index (χ4n) is 3.29. The highest BCUT2D eigenvalue weighted by atomic mass is 32.2. The van der Waals surface area contributed by atoms with Crippen molar-refractivity contribution in [3.63, 3.8) is 0 Å². The number of carbonyl (C=O) groups is 2. The minimum absolute atomic E-state index is 0.00410. The molecule has 1 fully saturated rings. The van der Waals surface area contributed by atoms with Crippen molar-refractivity contribution in [2.75, 3.05) is 38.1 Å². The van der Waals surface area contributed by atoms with E-state index < -0.39 is 27.9 Å². The molecule has 1 aliphatic rings. The topological polar surface area (TPSA) is 96.0 Å². The summed E-state index contributed by atoms with van der Waals surface area (Å²) >= 11 is 0. The Labute approximate surface area is 189 Å². The average Bonchev–Trinajstić information content (AvgIpc) is 2.78. The number of hydrogen-bond donors (Lipinski definition) is 1. The molecule has 2 amide bonds. The van der Waals surface area contributed by atoms with Crippen LogP contribution in [-0.4, -0.2) is 62.4 Å². The van der Waals surface area contributed by atoms with Crippen molar-refractivity contribution in [2.45, 2.75) is 18.0 Å². The molecule has 2 aromatic carbocycles. The summed E-state index contributed by atoms with van der Waals surface area (Å²) in [6.07, 6.45) is -5.21. The van der Waals surface area contributed by atoms with Gasteiger partial charge in [-0.1, -0.05) is 6.07 Å². The molecule has 0 saturated carbocycles. The molecule has 0 radical (unpaired) electrons. The molecule has 1 aliphatic heterocycles. The number of nitrogens with zero attached hydrogens (tertiary/aromatic N) is 2. The molecule has 3 rings (SSSR count). The lowest BCUT2D eigenvalue weighted by Crippen LogP contribution is -2.50. The van der Waals surface area contributed by atoms with Crippen molar-refractivity contribution in [1.29, 1.82) is 0 Å². The van der Waals surface area contributed by atoms with E-state index in [-0.39, 0.29) is 43.6 Å². The Morgan fingerprint density at radius 2 is 1.67 bits per heavy atom. The van der Waals surface area contributed by atoms with Crippen molar-refractivity contribution < 1.29 is 35.9 Å². The van der Waals surface area contributed by atoms with Crippen molar-refractivity contribution in [1.82, 2.24) is 9.21 Å². The average molecular weight is 485 g/mol. The smallest absolute Gasteiger partial charge is 0.416 e. The van der Waals surface area contributed by atoms with E-state index in [4.69, 9.17) is 4.74 Å². The quantitative estimate of drug-likeness (QED) is 0.700. The maximum Gasteiger partial charge on any atom is 0.416 e. The van der Waals surface area contributed by atoms with E-state index in [1.165, 1.54) is 11.0 Å². The van der Waals surface area contributed by atoms with E-state index in [0.29, 0.717) is 11.3 Å². The zero-order chi connectivity index (χ0) is 24.2. The summed E-state index contributed by atoms with van der Waals surface area (Å²) in [5.74, 6) is -0.339. The first-order valence-electron chi connectivity index (χ1n) is 10.0. The van der Waals surface area contributed by atoms with Gasteiger partial charge < -0.3 is 9.64 Å². The summed E-state index contributed by atoms with van der Waals surface area (Å²) < 4.78 is 69.7. The van der Waals surface area contributed by atoms with Crippen molar-refractivity contribution in [2.24, 2.45) is 0 Å². The summed E-state index contributed by atoms with van der Waals surface area (Å²) in [5.41, 5.74) is -0.247. The van der Waals surface area contributed by atoms with Gasteiger partial charge in [0.25, 0.3) is 5.91 Å². The predicted octanol–water partition coefficient (Wildman–Crippen LogP) is 3.42. The van der Waals surface area contributed by atoms with Gasteiger partial charge in [-0.2, -0.15) is 17.5 Å². The SMILES string of the molecule is CCOC(=O)Nc1cccc(C(=O)N2CCN(S(=O)(=O)c3ccc(C(F)(F)F)cc3)CC2)c1. The third kappa shape index (κ3) is 5.82. The van der Waals surface area contributed by atoms with E-state index in [1.807, 2.05) is 0 Å². The fraction of sp³-hybridized carbons (Fsp3) is 0.333. The number of amides is 2. The monoisotopic (exact) mass is 485 g/mol. The Hall–Kier alpha value is -3.12. The fourth-order valence-corrected chi connectivity index (χ4v) is 4.72. The van der Waals surface area contributed by atoms with Crippen molar-refractivity contribution in [3.8, 4) is 0 Å². The van der Waals surface area contributed by atoms with Crippen molar-refractivity contribution in [3.05, 3.63) is 59.7 Å². The summed E-state index contributed by atoms with van der Waals surface area (Å²) in [7, 11) is -4.00. The maximum absolute atomic E-state index is 12.8. The number of rotatable bonds is 5. The van der Waals surface area contributed by atoms with Gasteiger partial charge in [0, 0.05) is 37.4 Å². The number of halogens is 3. The van der Waals surface area contributed by atoms with E-state index in [9.17, 15) is 31.2 Å². The van der Waals surface area contributed by atoms with Gasteiger partial charge in [-0.3, -0.25) is 10.1 Å². The van der Waals surface area contributed by atoms with Crippen LogP contribution in [0.2, 0.25) is 0 Å². The highest BCUT2D eigenvalue weighted by Gasteiger charge is 2.33. The second-order valence-corrected chi connectivity index (χ2v) is 9.08. The van der Waals surface area contributed by atoms with Gasteiger partial charge in [-0.25, -0.2) is 13.2 Å². The van der Waals surface area contributed by atoms with Gasteiger partial charge in [0.05, 0.1) is 17.1 Å². The summed E-state index contributed by atoms with van der Waals surface area (Å²) in [6, 6.07) is 9.57. The normalized spacial score (nSPS) is 15.2. The summed E-state index contributed by atoms with van der Waals surface area (Å²) in [4.78, 5) is 25.6. The predicted molar refractivity (Wildman–Crippen MR) is 113 cm³/mol. The number of sulfonamides is 1. The Balaban J connectivity index is 1.64. The number of piperazine rings is 1. The van der Waals surface area contributed by atoms with Crippen LogP contribution in [0.5, 0.6) is 0 Å². The standard InChI is InChI=1S/C21H22F3N3O5S/c1-2-32-20(29)25-17-5-3-4-15(14-17)19(28)26-10-12-27(13-11-26)33(30,31)18-8-6-16(7-9-18)21(22,23)24/h3-9,14H,2,10-13H2,1H3,(H,25,29). The second kappa shape index (κ2) is 9.79. The largest absolute Gasteiger partial charge is 0.450 e. The van der Waals surface area contributed by atoms with Crippen LogP contribution in [0.4, 0.5) is 23.7 Å². The minimum atomic E-state index is -4.56. The van der Waals surface area contributed by atoms with E-state index in [1.54, 1.807) is 25.1 Å². The zero-order valence-electron chi connectivity index (χ0n) is 17.6. The van der Waals surface area contributed by atoms with Gasteiger partial charge in [0.15, 0.2) is 0 Å². The Bertz CT molecular complexity index is 1110. The molecule has 8 nitrogen and oxygen atoms in total. The molecular weight excluding hydrogens is 463 g/mol. The molecule has 1 saturated heterocycles. The molecular formula is C21H22F3N3O5S. The van der Waals surface area contributed by atoms with Crippen LogP contribution in [0.15, 0.2) is 53.4 Å². The Kier molecular flexibility index (Phi) is 7.28. The molecule has 1 N–H and O–H groups in total. The van der Waals surface area contributed by atoms with Gasteiger partial charge >= 0.3 is 12.3 Å². The van der Waals surface area contributed by atoms with Crippen LogP contribution in [-0.2, 0) is 20.9 Å². The van der Waals surface area contributed by atoms with Gasteiger partial charge in [0.1, 0.15) is 0 Å². The lowest BCUT2D eigenvalue weighted by molar-refractivity contribution is -0.137. The second-order valence-electron chi connectivity index (χ2n) is 7.14. The molecule has 33 heavy (non-hydrogen) atoms. The van der Waals surface area contributed by atoms with Crippen LogP contribution in [0.25, 0.3) is 0 Å². The Morgan fingerprint density at radius 1 is 1.03 bits per heavy atom. The third-order valence-electron chi connectivity index (χ3n) is 4.98.